The van der Waals surface area contributed by atoms with Crippen LogP contribution in [0.1, 0.15) is 32.1 Å². The van der Waals surface area contributed by atoms with E-state index in [0.29, 0.717) is 5.88 Å². The van der Waals surface area contributed by atoms with Gasteiger partial charge in [0, 0.05) is 16.4 Å². The third-order valence-electron chi connectivity index (χ3n) is 3.31. The van der Waals surface area contributed by atoms with Crippen LogP contribution in [-0.4, -0.2) is 5.91 Å². The Morgan fingerprint density at radius 2 is 2.21 bits per heavy atom. The summed E-state index contributed by atoms with van der Waals surface area (Å²) in [6.07, 6.45) is 3.46. The van der Waals surface area contributed by atoms with Gasteiger partial charge in [0.25, 0.3) is 5.91 Å². The Morgan fingerprint density at radius 1 is 1.32 bits per heavy atom. The normalized spacial score (nSPS) is 13.3. The molecule has 1 aliphatic carbocycles. The van der Waals surface area contributed by atoms with E-state index in [2.05, 4.69) is 5.32 Å². The highest BCUT2D eigenvalue weighted by Gasteiger charge is 2.18. The van der Waals surface area contributed by atoms with Crippen molar-refractivity contribution in [1.29, 1.82) is 0 Å². The lowest BCUT2D eigenvalue weighted by Gasteiger charge is -2.05. The average molecular weight is 292 g/mol. The fraction of sp³-hybridized carbons (Fsp3) is 0.267. The number of amides is 1. The molecule has 1 amide bonds. The van der Waals surface area contributed by atoms with Crippen LogP contribution in [0.2, 0.25) is 0 Å². The Labute approximate surface area is 121 Å². The molecule has 98 valence electrons. The maximum atomic E-state index is 12.2. The highest BCUT2D eigenvalue weighted by molar-refractivity contribution is 7.14. The maximum Gasteiger partial charge on any atom is 0.265 e. The molecule has 0 bridgehead atoms. The van der Waals surface area contributed by atoms with Gasteiger partial charge in [-0.15, -0.1) is 22.9 Å². The number of hydrogen-bond acceptors (Lipinski definition) is 2. The number of anilines is 1. The van der Waals surface area contributed by atoms with Crippen molar-refractivity contribution in [1.82, 2.24) is 0 Å². The van der Waals surface area contributed by atoms with Crippen molar-refractivity contribution in [3.63, 3.8) is 0 Å². The lowest BCUT2D eigenvalue weighted by atomic mass is 10.2. The van der Waals surface area contributed by atoms with Crippen LogP contribution < -0.4 is 5.32 Å². The molecule has 1 aromatic carbocycles. The van der Waals surface area contributed by atoms with E-state index in [1.54, 1.807) is 11.3 Å². The topological polar surface area (TPSA) is 29.1 Å². The van der Waals surface area contributed by atoms with Crippen molar-refractivity contribution in [2.45, 2.75) is 25.1 Å². The van der Waals surface area contributed by atoms with Crippen molar-refractivity contribution in [3.05, 3.63) is 51.2 Å². The minimum absolute atomic E-state index is 0.0221. The van der Waals surface area contributed by atoms with Crippen molar-refractivity contribution in [2.75, 3.05) is 5.32 Å². The summed E-state index contributed by atoms with van der Waals surface area (Å²) < 4.78 is 0. The van der Waals surface area contributed by atoms with E-state index < -0.39 is 0 Å². The molecule has 3 rings (SSSR count). The molecule has 0 radical (unpaired) electrons. The number of rotatable bonds is 3. The number of nitrogens with one attached hydrogen (secondary N) is 1. The van der Waals surface area contributed by atoms with Gasteiger partial charge in [-0.2, -0.15) is 0 Å². The van der Waals surface area contributed by atoms with Gasteiger partial charge in [-0.25, -0.2) is 0 Å². The molecule has 0 saturated heterocycles. The van der Waals surface area contributed by atoms with E-state index in [9.17, 15) is 4.79 Å². The van der Waals surface area contributed by atoms with Crippen LogP contribution in [0.3, 0.4) is 0 Å². The predicted octanol–water partition coefficient (Wildman–Crippen LogP) is 4.23. The minimum Gasteiger partial charge on any atom is -0.321 e. The van der Waals surface area contributed by atoms with Crippen LogP contribution in [0.25, 0.3) is 0 Å². The lowest BCUT2D eigenvalue weighted by Crippen LogP contribution is -2.10. The van der Waals surface area contributed by atoms with E-state index >= 15 is 0 Å². The van der Waals surface area contributed by atoms with Gasteiger partial charge < -0.3 is 5.32 Å². The molecular weight excluding hydrogens is 278 g/mol. The van der Waals surface area contributed by atoms with Crippen molar-refractivity contribution in [3.8, 4) is 0 Å². The molecule has 4 heteroatoms. The molecular formula is C15H14ClNOS. The molecule has 0 atom stereocenters. The lowest BCUT2D eigenvalue weighted by molar-refractivity contribution is 0.103. The summed E-state index contributed by atoms with van der Waals surface area (Å²) in [4.78, 5) is 14.4. The molecule has 1 aliphatic rings. The summed E-state index contributed by atoms with van der Waals surface area (Å²) in [5, 5.41) is 2.93. The van der Waals surface area contributed by atoms with Gasteiger partial charge in [-0.3, -0.25) is 4.79 Å². The molecule has 0 aliphatic heterocycles. The van der Waals surface area contributed by atoms with Crippen molar-refractivity contribution in [2.24, 2.45) is 0 Å². The maximum absolute atomic E-state index is 12.2. The number of aryl methyl sites for hydroxylation is 2. The Balaban J connectivity index is 1.76. The van der Waals surface area contributed by atoms with Crippen LogP contribution in [0.5, 0.6) is 0 Å². The number of fused-ring (bicyclic) bond motifs is 1. The molecule has 19 heavy (non-hydrogen) atoms. The third kappa shape index (κ3) is 2.67. The van der Waals surface area contributed by atoms with Crippen LogP contribution >= 0.6 is 22.9 Å². The summed E-state index contributed by atoms with van der Waals surface area (Å²) in [6.45, 7) is 0. The first kappa shape index (κ1) is 12.7. The first-order valence-corrected chi connectivity index (χ1v) is 7.69. The third-order valence-corrected chi connectivity index (χ3v) is 4.85. The van der Waals surface area contributed by atoms with Crippen LogP contribution in [0, 0.1) is 0 Å². The van der Waals surface area contributed by atoms with Gasteiger partial charge in [0.15, 0.2) is 0 Å². The summed E-state index contributed by atoms with van der Waals surface area (Å²) >= 11 is 7.41. The Hall–Kier alpha value is -1.32. The summed E-state index contributed by atoms with van der Waals surface area (Å²) in [7, 11) is 0. The van der Waals surface area contributed by atoms with E-state index in [0.717, 1.165) is 29.0 Å². The van der Waals surface area contributed by atoms with E-state index in [1.165, 1.54) is 16.9 Å². The second-order valence-corrected chi connectivity index (χ2v) is 6.10. The molecule has 2 nitrogen and oxygen atoms in total. The van der Waals surface area contributed by atoms with E-state index in [4.69, 9.17) is 11.6 Å². The zero-order valence-electron chi connectivity index (χ0n) is 10.4. The Morgan fingerprint density at radius 3 is 3.00 bits per heavy atom. The number of benzene rings is 1. The van der Waals surface area contributed by atoms with Gasteiger partial charge in [-0.05, 0) is 48.6 Å². The molecule has 0 saturated carbocycles. The SMILES string of the molecule is O=C(Nc1cccc(CCl)c1)c1cc2c(s1)CCC2. The summed E-state index contributed by atoms with van der Waals surface area (Å²) in [6, 6.07) is 9.68. The minimum atomic E-state index is -0.0221. The fourth-order valence-corrected chi connectivity index (χ4v) is 3.68. The average Bonchev–Trinajstić information content (AvgIpc) is 2.99. The molecule has 1 heterocycles. The zero-order chi connectivity index (χ0) is 13.2. The Kier molecular flexibility index (Phi) is 3.58. The highest BCUT2D eigenvalue weighted by atomic mass is 35.5. The number of thiophene rings is 1. The van der Waals surface area contributed by atoms with E-state index in [1.807, 2.05) is 30.3 Å². The predicted molar refractivity (Wildman–Crippen MR) is 80.3 cm³/mol. The number of halogens is 1. The van der Waals surface area contributed by atoms with Gasteiger partial charge >= 0.3 is 0 Å². The molecule has 1 N–H and O–H groups in total. The number of carbonyl (C=O) groups excluding carboxylic acids is 1. The van der Waals surface area contributed by atoms with Crippen LogP contribution in [-0.2, 0) is 18.7 Å². The number of alkyl halides is 1. The van der Waals surface area contributed by atoms with Crippen molar-refractivity contribution >= 4 is 34.5 Å². The molecule has 0 spiro atoms. The first-order chi connectivity index (χ1) is 9.26. The van der Waals surface area contributed by atoms with Gasteiger partial charge in [-0.1, -0.05) is 12.1 Å². The fourth-order valence-electron chi connectivity index (χ4n) is 2.37. The second kappa shape index (κ2) is 5.35. The summed E-state index contributed by atoms with van der Waals surface area (Å²) in [5.74, 6) is 0.433. The van der Waals surface area contributed by atoms with Crippen LogP contribution in [0.4, 0.5) is 5.69 Å². The number of hydrogen-bond donors (Lipinski definition) is 1. The summed E-state index contributed by atoms with van der Waals surface area (Å²) in [5.41, 5.74) is 3.16. The largest absolute Gasteiger partial charge is 0.321 e. The monoisotopic (exact) mass is 291 g/mol. The second-order valence-electron chi connectivity index (χ2n) is 4.70. The zero-order valence-corrected chi connectivity index (χ0v) is 12.0. The van der Waals surface area contributed by atoms with Gasteiger partial charge in [0.1, 0.15) is 0 Å². The molecule has 2 aromatic rings. The first-order valence-electron chi connectivity index (χ1n) is 6.34. The molecule has 0 fully saturated rings. The van der Waals surface area contributed by atoms with Crippen LogP contribution in [0.15, 0.2) is 30.3 Å². The highest BCUT2D eigenvalue weighted by Crippen LogP contribution is 2.31. The quantitative estimate of drug-likeness (QED) is 0.843. The number of carbonyl (C=O) groups is 1. The standard InChI is InChI=1S/C15H14ClNOS/c16-9-10-3-1-5-12(7-10)17-15(18)14-8-11-4-2-6-13(11)19-14/h1,3,5,7-8H,2,4,6,9H2,(H,17,18). The van der Waals surface area contributed by atoms with Gasteiger partial charge in [0.2, 0.25) is 0 Å². The molecule has 1 aromatic heterocycles. The van der Waals surface area contributed by atoms with E-state index in [-0.39, 0.29) is 5.91 Å². The molecule has 0 unspecified atom stereocenters. The Bertz CT molecular complexity index is 599. The van der Waals surface area contributed by atoms with Gasteiger partial charge in [0.05, 0.1) is 4.88 Å². The smallest absolute Gasteiger partial charge is 0.265 e. The van der Waals surface area contributed by atoms with Crippen molar-refractivity contribution < 1.29 is 4.79 Å².